The van der Waals surface area contributed by atoms with Crippen LogP contribution in [-0.2, 0) is 0 Å². The molecule has 0 saturated carbocycles. The van der Waals surface area contributed by atoms with Crippen LogP contribution in [0.5, 0.6) is 0 Å². The molecule has 112 valence electrons. The second-order valence-corrected chi connectivity index (χ2v) is 5.63. The van der Waals surface area contributed by atoms with Crippen LogP contribution in [-0.4, -0.2) is 18.7 Å². The summed E-state index contributed by atoms with van der Waals surface area (Å²) in [7, 11) is 1.92. The highest BCUT2D eigenvalue weighted by Crippen LogP contribution is 2.32. The predicted molar refractivity (Wildman–Crippen MR) is 92.0 cm³/mol. The Morgan fingerprint density at radius 1 is 0.818 bits per heavy atom. The van der Waals surface area contributed by atoms with Crippen LogP contribution in [0.1, 0.15) is 23.1 Å². The number of nitrogens with one attached hydrogen (secondary N) is 1. The summed E-state index contributed by atoms with van der Waals surface area (Å²) < 4.78 is 0. The lowest BCUT2D eigenvalue weighted by molar-refractivity contribution is 0.144. The van der Waals surface area contributed by atoms with Gasteiger partial charge in [-0.3, -0.25) is 0 Å². The highest BCUT2D eigenvalue weighted by Gasteiger charge is 2.22. The van der Waals surface area contributed by atoms with Gasteiger partial charge < -0.3 is 10.4 Å². The summed E-state index contributed by atoms with van der Waals surface area (Å²) >= 11 is 0. The first kappa shape index (κ1) is 14.8. The highest BCUT2D eigenvalue weighted by molar-refractivity contribution is 5.83. The standard InChI is InChI=1S/C20H21NO/c1-21-14-19(20(22)16-8-3-2-4-9-16)18-12-11-15-7-5-6-10-17(15)13-18/h2-13,19-22H,14H2,1H3/t19?,20-/m1/s1. The average Bonchev–Trinajstić information content (AvgIpc) is 2.59. The van der Waals surface area contributed by atoms with Crippen LogP contribution in [0.3, 0.4) is 0 Å². The van der Waals surface area contributed by atoms with Gasteiger partial charge in [-0.05, 0) is 28.9 Å². The van der Waals surface area contributed by atoms with Crippen molar-refractivity contribution in [1.29, 1.82) is 0 Å². The van der Waals surface area contributed by atoms with Crippen LogP contribution in [0.15, 0.2) is 72.8 Å². The van der Waals surface area contributed by atoms with Gasteiger partial charge in [0.1, 0.15) is 0 Å². The molecule has 22 heavy (non-hydrogen) atoms. The van der Waals surface area contributed by atoms with E-state index in [0.717, 1.165) is 17.7 Å². The number of aliphatic hydroxyl groups excluding tert-OH is 1. The molecule has 3 aromatic carbocycles. The molecular formula is C20H21NO. The van der Waals surface area contributed by atoms with Gasteiger partial charge in [-0.1, -0.05) is 72.8 Å². The molecular weight excluding hydrogens is 270 g/mol. The van der Waals surface area contributed by atoms with Gasteiger partial charge in [-0.25, -0.2) is 0 Å². The van der Waals surface area contributed by atoms with Gasteiger partial charge in [0.05, 0.1) is 6.10 Å². The normalized spacial score (nSPS) is 13.9. The van der Waals surface area contributed by atoms with E-state index >= 15 is 0 Å². The second-order valence-electron chi connectivity index (χ2n) is 5.63. The van der Waals surface area contributed by atoms with Gasteiger partial charge in [0.2, 0.25) is 0 Å². The predicted octanol–water partition coefficient (Wildman–Crippen LogP) is 3.88. The van der Waals surface area contributed by atoms with Crippen LogP contribution in [0.2, 0.25) is 0 Å². The summed E-state index contributed by atoms with van der Waals surface area (Å²) in [5.74, 6) is 0.0250. The summed E-state index contributed by atoms with van der Waals surface area (Å²) in [5, 5.41) is 16.4. The minimum Gasteiger partial charge on any atom is -0.388 e. The van der Waals surface area contributed by atoms with E-state index in [-0.39, 0.29) is 5.92 Å². The average molecular weight is 291 g/mol. The molecule has 1 unspecified atom stereocenters. The van der Waals surface area contributed by atoms with Crippen LogP contribution < -0.4 is 5.32 Å². The van der Waals surface area contributed by atoms with E-state index in [9.17, 15) is 5.11 Å². The van der Waals surface area contributed by atoms with Crippen molar-refractivity contribution in [1.82, 2.24) is 5.32 Å². The van der Waals surface area contributed by atoms with Gasteiger partial charge in [-0.2, -0.15) is 0 Å². The molecule has 0 fully saturated rings. The Balaban J connectivity index is 1.98. The number of aliphatic hydroxyl groups is 1. The molecule has 2 N–H and O–H groups in total. The number of fused-ring (bicyclic) bond motifs is 1. The summed E-state index contributed by atoms with van der Waals surface area (Å²) in [6.45, 7) is 0.731. The highest BCUT2D eigenvalue weighted by atomic mass is 16.3. The molecule has 3 rings (SSSR count). The molecule has 0 amide bonds. The zero-order valence-corrected chi connectivity index (χ0v) is 12.7. The van der Waals surface area contributed by atoms with E-state index in [1.807, 2.05) is 49.5 Å². The lowest BCUT2D eigenvalue weighted by atomic mass is 9.88. The number of hydrogen-bond acceptors (Lipinski definition) is 2. The zero-order valence-electron chi connectivity index (χ0n) is 12.7. The number of hydrogen-bond donors (Lipinski definition) is 2. The van der Waals surface area contributed by atoms with Crippen molar-refractivity contribution in [3.8, 4) is 0 Å². The van der Waals surface area contributed by atoms with Crippen LogP contribution >= 0.6 is 0 Å². The number of benzene rings is 3. The molecule has 0 spiro atoms. The molecule has 2 heteroatoms. The molecule has 0 aromatic heterocycles. The molecule has 2 nitrogen and oxygen atoms in total. The molecule has 0 aliphatic heterocycles. The molecule has 0 saturated heterocycles. The van der Waals surface area contributed by atoms with Crippen molar-refractivity contribution in [3.05, 3.63) is 83.9 Å². The van der Waals surface area contributed by atoms with Gasteiger partial charge in [0, 0.05) is 12.5 Å². The molecule has 0 heterocycles. The lowest BCUT2D eigenvalue weighted by Gasteiger charge is -2.24. The third kappa shape index (κ3) is 3.03. The summed E-state index contributed by atoms with van der Waals surface area (Å²) in [6, 6.07) is 24.6. The van der Waals surface area contributed by atoms with Crippen molar-refractivity contribution in [2.75, 3.05) is 13.6 Å². The third-order valence-corrected chi connectivity index (χ3v) is 4.15. The number of rotatable bonds is 5. The maximum absolute atomic E-state index is 10.8. The maximum atomic E-state index is 10.8. The fourth-order valence-electron chi connectivity index (χ4n) is 2.95. The second kappa shape index (κ2) is 6.73. The molecule has 2 atom stereocenters. The van der Waals surface area contributed by atoms with E-state index in [1.54, 1.807) is 0 Å². The first-order valence-electron chi connectivity index (χ1n) is 7.66. The Labute approximate surface area is 131 Å². The first-order valence-corrected chi connectivity index (χ1v) is 7.66. The third-order valence-electron chi connectivity index (χ3n) is 4.15. The van der Waals surface area contributed by atoms with Gasteiger partial charge >= 0.3 is 0 Å². The van der Waals surface area contributed by atoms with Crippen LogP contribution in [0.4, 0.5) is 0 Å². The largest absolute Gasteiger partial charge is 0.388 e. The Morgan fingerprint density at radius 3 is 2.23 bits per heavy atom. The summed E-state index contributed by atoms with van der Waals surface area (Å²) in [5.41, 5.74) is 2.11. The van der Waals surface area contributed by atoms with Crippen LogP contribution in [0, 0.1) is 0 Å². The van der Waals surface area contributed by atoms with E-state index in [1.165, 1.54) is 10.8 Å². The smallest absolute Gasteiger partial charge is 0.0870 e. The Hall–Kier alpha value is -2.16. The SMILES string of the molecule is CNCC(c1ccc2ccccc2c1)[C@H](O)c1ccccc1. The minimum absolute atomic E-state index is 0.0250. The van der Waals surface area contributed by atoms with Gasteiger partial charge in [0.15, 0.2) is 0 Å². The Bertz CT molecular complexity index is 739. The summed E-state index contributed by atoms with van der Waals surface area (Å²) in [6.07, 6.45) is -0.519. The van der Waals surface area contributed by atoms with E-state index in [4.69, 9.17) is 0 Å². The molecule has 0 bridgehead atoms. The lowest BCUT2D eigenvalue weighted by Crippen LogP contribution is -2.23. The monoisotopic (exact) mass is 291 g/mol. The molecule has 0 aliphatic rings. The van der Waals surface area contributed by atoms with Crippen LogP contribution in [0.25, 0.3) is 10.8 Å². The number of likely N-dealkylation sites (N-methyl/N-ethyl adjacent to an activating group) is 1. The molecule has 3 aromatic rings. The topological polar surface area (TPSA) is 32.3 Å². The Morgan fingerprint density at radius 2 is 1.50 bits per heavy atom. The van der Waals surface area contributed by atoms with Crippen molar-refractivity contribution >= 4 is 10.8 Å². The maximum Gasteiger partial charge on any atom is 0.0870 e. The van der Waals surface area contributed by atoms with Crippen molar-refractivity contribution < 1.29 is 5.11 Å². The van der Waals surface area contributed by atoms with Gasteiger partial charge in [0.25, 0.3) is 0 Å². The molecule has 0 aliphatic carbocycles. The van der Waals surface area contributed by atoms with E-state index < -0.39 is 6.10 Å². The molecule has 0 radical (unpaired) electrons. The van der Waals surface area contributed by atoms with Gasteiger partial charge in [-0.15, -0.1) is 0 Å². The zero-order chi connectivity index (χ0) is 15.4. The summed E-state index contributed by atoms with van der Waals surface area (Å²) in [4.78, 5) is 0. The Kier molecular flexibility index (Phi) is 4.52. The minimum atomic E-state index is -0.519. The quantitative estimate of drug-likeness (QED) is 0.748. The van der Waals surface area contributed by atoms with Crippen molar-refractivity contribution in [3.63, 3.8) is 0 Å². The van der Waals surface area contributed by atoms with E-state index in [0.29, 0.717) is 0 Å². The fourth-order valence-corrected chi connectivity index (χ4v) is 2.95. The fraction of sp³-hybridized carbons (Fsp3) is 0.200. The van der Waals surface area contributed by atoms with Crippen molar-refractivity contribution in [2.45, 2.75) is 12.0 Å². The first-order chi connectivity index (χ1) is 10.8. The van der Waals surface area contributed by atoms with Crippen molar-refractivity contribution in [2.24, 2.45) is 0 Å². The van der Waals surface area contributed by atoms with E-state index in [2.05, 4.69) is 35.6 Å².